The molecule has 0 radical (unpaired) electrons. The lowest BCUT2D eigenvalue weighted by molar-refractivity contribution is 0.660. The Morgan fingerprint density at radius 2 is 0.645 bits per heavy atom. The summed E-state index contributed by atoms with van der Waals surface area (Å²) in [5.41, 5.74) is 26.1. The van der Waals surface area contributed by atoms with Crippen LogP contribution in [-0.2, 0) is 10.8 Å². The Balaban J connectivity index is 1.05. The molecule has 1 spiro atoms. The summed E-state index contributed by atoms with van der Waals surface area (Å²) in [5, 5.41) is 2.44. The molecule has 0 fully saturated rings. The van der Waals surface area contributed by atoms with Crippen LogP contribution >= 0.6 is 0 Å². The van der Waals surface area contributed by atoms with Crippen LogP contribution in [-0.4, -0.2) is 0 Å². The molecule has 358 valence electrons. The second kappa shape index (κ2) is 17.0. The Hall–Kier alpha value is -9.50. The minimum Gasteiger partial charge on any atom is -0.310 e. The van der Waals surface area contributed by atoms with Crippen LogP contribution in [0.4, 0.5) is 34.1 Å². The lowest BCUT2D eigenvalue weighted by atomic mass is 9.70. The van der Waals surface area contributed by atoms with Gasteiger partial charge in [-0.15, -0.1) is 0 Å². The van der Waals surface area contributed by atoms with E-state index in [9.17, 15) is 0 Å². The first-order valence-electron chi connectivity index (χ1n) is 26.6. The fourth-order valence-corrected chi connectivity index (χ4v) is 13.4. The maximum atomic E-state index is 2.57. The Morgan fingerprint density at radius 1 is 0.237 bits per heavy atom. The lowest BCUT2D eigenvalue weighted by Gasteiger charge is -2.35. The van der Waals surface area contributed by atoms with Crippen molar-refractivity contribution in [3.05, 3.63) is 312 Å². The first kappa shape index (κ1) is 44.0. The number of fused-ring (bicyclic) bond motifs is 14. The molecule has 0 heterocycles. The fourth-order valence-electron chi connectivity index (χ4n) is 13.4. The van der Waals surface area contributed by atoms with Gasteiger partial charge in [-0.2, -0.15) is 0 Å². The molecule has 0 N–H and O–H groups in total. The molecule has 3 aliphatic rings. The van der Waals surface area contributed by atoms with Crippen molar-refractivity contribution < 1.29 is 0 Å². The van der Waals surface area contributed by atoms with Gasteiger partial charge in [0.05, 0.1) is 16.8 Å². The molecular formula is C74H52N2. The van der Waals surface area contributed by atoms with Crippen molar-refractivity contribution in [3.63, 3.8) is 0 Å². The third-order valence-electron chi connectivity index (χ3n) is 16.8. The van der Waals surface area contributed by atoms with Gasteiger partial charge in [0.25, 0.3) is 0 Å². The number of hydrogen-bond acceptors (Lipinski definition) is 2. The van der Waals surface area contributed by atoms with Crippen molar-refractivity contribution in [3.8, 4) is 55.6 Å². The Labute approximate surface area is 445 Å². The van der Waals surface area contributed by atoms with Gasteiger partial charge in [0.1, 0.15) is 0 Å². The van der Waals surface area contributed by atoms with Crippen molar-refractivity contribution in [1.29, 1.82) is 0 Å². The van der Waals surface area contributed by atoms with Crippen LogP contribution in [0.3, 0.4) is 0 Å². The van der Waals surface area contributed by atoms with Gasteiger partial charge in [-0.1, -0.05) is 214 Å². The summed E-state index contributed by atoms with van der Waals surface area (Å²) >= 11 is 0. The fraction of sp³-hybridized carbons (Fsp3) is 0.0541. The highest BCUT2D eigenvalue weighted by Gasteiger charge is 2.53. The normalized spacial score (nSPS) is 14.9. The van der Waals surface area contributed by atoms with E-state index in [0.29, 0.717) is 0 Å². The first-order chi connectivity index (χ1) is 37.5. The zero-order valence-electron chi connectivity index (χ0n) is 42.5. The Bertz CT molecular complexity index is 4210. The van der Waals surface area contributed by atoms with Gasteiger partial charge < -0.3 is 9.80 Å². The summed E-state index contributed by atoms with van der Waals surface area (Å²) in [6.45, 7) is 4.73. The summed E-state index contributed by atoms with van der Waals surface area (Å²) in [6.07, 6.45) is 0. The van der Waals surface area contributed by atoms with Crippen molar-refractivity contribution in [2.45, 2.75) is 24.7 Å². The highest BCUT2D eigenvalue weighted by Crippen LogP contribution is 2.66. The summed E-state index contributed by atoms with van der Waals surface area (Å²) in [5.74, 6) is 0. The molecule has 3 aliphatic carbocycles. The quantitative estimate of drug-likeness (QED) is 0.150. The summed E-state index contributed by atoms with van der Waals surface area (Å²) in [7, 11) is 0. The SMILES string of the molecule is CC1(C)c2ccccc2-c2cc(N(c3ccccc3)c3cc4c(cc3-c3ccccc3)-c3ccccc3C43c4ccccc4-c4cc(-c5ccc6ccccc6c5)c(N(c5ccccc5)c5ccccc5)cc43)ccc21. The Kier molecular flexibility index (Phi) is 9.86. The zero-order chi connectivity index (χ0) is 50.5. The molecule has 0 saturated heterocycles. The largest absolute Gasteiger partial charge is 0.310 e. The molecule has 15 rings (SSSR count). The number of nitrogens with zero attached hydrogens (tertiary/aromatic N) is 2. The molecule has 0 saturated carbocycles. The van der Waals surface area contributed by atoms with Gasteiger partial charge in [0.2, 0.25) is 0 Å². The standard InChI is InChI=1S/C74H52N2/c1-73(2)65-36-20-17-33-57(65)62-44-56(41-42-66(62)73)76(55-31-13-6-14-32-55)71-47-69-63(45-60(71)50-24-7-3-8-25-50)58-34-18-21-37-67(58)74(69)68-38-22-19-35-59(68)64-46-61(52-40-39-49-23-15-16-26-51(49)43-52)72(48-70(64)74)75(53-27-9-4-10-28-53)54-29-11-5-12-30-54/h3-48H,1-2H3. The maximum absolute atomic E-state index is 2.57. The van der Waals surface area contributed by atoms with Crippen LogP contribution in [0.1, 0.15) is 47.2 Å². The molecule has 0 aliphatic heterocycles. The van der Waals surface area contributed by atoms with Crippen LogP contribution in [0.2, 0.25) is 0 Å². The van der Waals surface area contributed by atoms with E-state index < -0.39 is 5.41 Å². The van der Waals surface area contributed by atoms with Crippen molar-refractivity contribution in [2.75, 3.05) is 9.80 Å². The molecule has 2 nitrogen and oxygen atoms in total. The third kappa shape index (κ3) is 6.47. The molecular weight excluding hydrogens is 917 g/mol. The van der Waals surface area contributed by atoms with E-state index in [4.69, 9.17) is 0 Å². The van der Waals surface area contributed by atoms with E-state index in [0.717, 1.165) is 34.1 Å². The van der Waals surface area contributed by atoms with Gasteiger partial charge in [0, 0.05) is 39.3 Å². The number of anilines is 6. The summed E-state index contributed by atoms with van der Waals surface area (Å²) in [6, 6.07) is 104. The number of para-hydroxylation sites is 3. The topological polar surface area (TPSA) is 6.48 Å². The molecule has 76 heavy (non-hydrogen) atoms. The average Bonchev–Trinajstić information content (AvgIpc) is 4.11. The van der Waals surface area contributed by atoms with Crippen LogP contribution in [0.15, 0.2) is 279 Å². The molecule has 0 amide bonds. The van der Waals surface area contributed by atoms with Crippen LogP contribution in [0.25, 0.3) is 66.4 Å². The molecule has 0 bridgehead atoms. The average molecular weight is 969 g/mol. The monoisotopic (exact) mass is 968 g/mol. The van der Waals surface area contributed by atoms with Gasteiger partial charge in [0.15, 0.2) is 0 Å². The first-order valence-corrected chi connectivity index (χ1v) is 26.6. The van der Waals surface area contributed by atoms with E-state index in [1.165, 1.54) is 99.8 Å². The molecule has 1 unspecified atom stereocenters. The number of benzene rings is 12. The number of hydrogen-bond donors (Lipinski definition) is 0. The van der Waals surface area contributed by atoms with E-state index in [1.54, 1.807) is 0 Å². The molecule has 12 aromatic carbocycles. The van der Waals surface area contributed by atoms with E-state index in [2.05, 4.69) is 303 Å². The number of rotatable bonds is 8. The second-order valence-corrected chi connectivity index (χ2v) is 21.2. The molecule has 0 aromatic heterocycles. The van der Waals surface area contributed by atoms with E-state index in [-0.39, 0.29) is 5.41 Å². The zero-order valence-corrected chi connectivity index (χ0v) is 42.5. The summed E-state index contributed by atoms with van der Waals surface area (Å²) in [4.78, 5) is 4.99. The third-order valence-corrected chi connectivity index (χ3v) is 16.8. The van der Waals surface area contributed by atoms with Crippen molar-refractivity contribution in [1.82, 2.24) is 0 Å². The maximum Gasteiger partial charge on any atom is 0.0727 e. The van der Waals surface area contributed by atoms with Crippen molar-refractivity contribution in [2.24, 2.45) is 0 Å². The van der Waals surface area contributed by atoms with Crippen LogP contribution in [0.5, 0.6) is 0 Å². The van der Waals surface area contributed by atoms with Gasteiger partial charge in [-0.05, 0) is 168 Å². The molecule has 1 atom stereocenters. The van der Waals surface area contributed by atoms with Gasteiger partial charge in [-0.25, -0.2) is 0 Å². The highest BCUT2D eigenvalue weighted by atomic mass is 15.2. The van der Waals surface area contributed by atoms with Gasteiger partial charge >= 0.3 is 0 Å². The van der Waals surface area contributed by atoms with Crippen LogP contribution in [0, 0.1) is 0 Å². The van der Waals surface area contributed by atoms with Crippen molar-refractivity contribution >= 4 is 44.9 Å². The molecule has 2 heteroatoms. The van der Waals surface area contributed by atoms with Crippen LogP contribution < -0.4 is 9.80 Å². The molecule has 12 aromatic rings. The lowest BCUT2D eigenvalue weighted by Crippen LogP contribution is -2.27. The van der Waals surface area contributed by atoms with E-state index in [1.807, 2.05) is 0 Å². The highest BCUT2D eigenvalue weighted by molar-refractivity contribution is 6.04. The van der Waals surface area contributed by atoms with E-state index >= 15 is 0 Å². The smallest absolute Gasteiger partial charge is 0.0727 e. The Morgan fingerprint density at radius 3 is 1.20 bits per heavy atom. The summed E-state index contributed by atoms with van der Waals surface area (Å²) < 4.78 is 0. The predicted molar refractivity (Wildman–Crippen MR) is 318 cm³/mol. The minimum atomic E-state index is -0.680. The van der Waals surface area contributed by atoms with Gasteiger partial charge in [-0.3, -0.25) is 0 Å². The second-order valence-electron chi connectivity index (χ2n) is 21.2. The predicted octanol–water partition coefficient (Wildman–Crippen LogP) is 19.8. The minimum absolute atomic E-state index is 0.115.